The molecule has 2 N–H and O–H groups in total. The number of halogens is 2. The van der Waals surface area contributed by atoms with Crippen LogP contribution in [0.25, 0.3) is 0 Å². The highest BCUT2D eigenvalue weighted by molar-refractivity contribution is 6.35. The summed E-state index contributed by atoms with van der Waals surface area (Å²) in [5, 5.41) is 12.7. The molecule has 2 rings (SSSR count). The predicted octanol–water partition coefficient (Wildman–Crippen LogP) is 2.73. The van der Waals surface area contributed by atoms with Crippen molar-refractivity contribution in [2.45, 2.75) is 19.4 Å². The second-order valence-electron chi connectivity index (χ2n) is 5.12. The number of aliphatic carboxylic acids is 1. The Hall–Kier alpha value is -1.30. The van der Waals surface area contributed by atoms with Gasteiger partial charge in [0.2, 0.25) is 5.91 Å². The molecular formula is C14H16Cl2N2O3. The van der Waals surface area contributed by atoms with Gasteiger partial charge in [-0.3, -0.25) is 14.5 Å². The molecule has 1 heterocycles. The molecule has 1 aliphatic heterocycles. The van der Waals surface area contributed by atoms with Crippen molar-refractivity contribution in [1.29, 1.82) is 0 Å². The van der Waals surface area contributed by atoms with Crippen molar-refractivity contribution in [3.05, 3.63) is 28.2 Å². The molecule has 1 saturated heterocycles. The molecule has 1 amide bonds. The highest BCUT2D eigenvalue weighted by Gasteiger charge is 2.36. The molecule has 21 heavy (non-hydrogen) atoms. The zero-order chi connectivity index (χ0) is 15.6. The maximum Gasteiger partial charge on any atom is 0.308 e. The third kappa shape index (κ3) is 3.87. The molecule has 1 aromatic carbocycles. The fourth-order valence-electron chi connectivity index (χ4n) is 2.52. The summed E-state index contributed by atoms with van der Waals surface area (Å²) in [4.78, 5) is 25.0. The summed E-state index contributed by atoms with van der Waals surface area (Å²) in [6, 6.07) is 4.66. The maximum atomic E-state index is 12.1. The van der Waals surface area contributed by atoms with Gasteiger partial charge in [0.25, 0.3) is 0 Å². The van der Waals surface area contributed by atoms with Crippen LogP contribution in [-0.4, -0.2) is 41.0 Å². The van der Waals surface area contributed by atoms with E-state index < -0.39 is 11.9 Å². The van der Waals surface area contributed by atoms with Gasteiger partial charge in [-0.2, -0.15) is 0 Å². The van der Waals surface area contributed by atoms with E-state index in [-0.39, 0.29) is 18.5 Å². The van der Waals surface area contributed by atoms with Crippen LogP contribution in [0.5, 0.6) is 0 Å². The van der Waals surface area contributed by atoms with E-state index >= 15 is 0 Å². The first-order valence-electron chi connectivity index (χ1n) is 6.60. The van der Waals surface area contributed by atoms with Gasteiger partial charge in [0, 0.05) is 11.1 Å². The zero-order valence-corrected chi connectivity index (χ0v) is 13.0. The summed E-state index contributed by atoms with van der Waals surface area (Å²) in [7, 11) is 0. The Labute approximate surface area is 132 Å². The molecule has 0 radical (unpaired) electrons. The van der Waals surface area contributed by atoms with E-state index in [1.807, 2.05) is 11.8 Å². The first-order chi connectivity index (χ1) is 9.88. The number of carbonyl (C=O) groups is 2. The van der Waals surface area contributed by atoms with Gasteiger partial charge >= 0.3 is 5.97 Å². The average molecular weight is 331 g/mol. The molecule has 0 saturated carbocycles. The number of carboxylic acids is 1. The molecule has 2 atom stereocenters. The van der Waals surface area contributed by atoms with Crippen molar-refractivity contribution >= 4 is 40.8 Å². The van der Waals surface area contributed by atoms with E-state index in [9.17, 15) is 9.59 Å². The number of anilines is 1. The number of hydrogen-bond donors (Lipinski definition) is 2. The standard InChI is InChI=1S/C14H16Cl2N2O3/c1-8-10(14(20)21)4-5-18(8)7-13(19)17-12-6-9(15)2-3-11(12)16/h2-3,6,8,10H,4-5,7H2,1H3,(H,17,19)(H,20,21). The quantitative estimate of drug-likeness (QED) is 0.890. The molecular weight excluding hydrogens is 315 g/mol. The minimum absolute atomic E-state index is 0.133. The van der Waals surface area contributed by atoms with Crippen LogP contribution < -0.4 is 5.32 Å². The number of hydrogen-bond acceptors (Lipinski definition) is 3. The molecule has 2 unspecified atom stereocenters. The molecule has 1 fully saturated rings. The van der Waals surface area contributed by atoms with Crippen molar-refractivity contribution in [1.82, 2.24) is 4.90 Å². The van der Waals surface area contributed by atoms with E-state index in [2.05, 4.69) is 5.32 Å². The Bertz CT molecular complexity index is 565. The molecule has 114 valence electrons. The van der Waals surface area contributed by atoms with Crippen LogP contribution in [0, 0.1) is 5.92 Å². The molecule has 0 bridgehead atoms. The Balaban J connectivity index is 1.96. The fourth-order valence-corrected chi connectivity index (χ4v) is 2.86. The minimum Gasteiger partial charge on any atom is -0.481 e. The average Bonchev–Trinajstić information content (AvgIpc) is 2.75. The van der Waals surface area contributed by atoms with E-state index in [0.717, 1.165) is 0 Å². The van der Waals surface area contributed by atoms with Gasteiger partial charge in [0.15, 0.2) is 0 Å². The SMILES string of the molecule is CC1C(C(=O)O)CCN1CC(=O)Nc1cc(Cl)ccc1Cl. The van der Waals surface area contributed by atoms with Crippen molar-refractivity contribution in [2.75, 3.05) is 18.4 Å². The number of likely N-dealkylation sites (tertiary alicyclic amines) is 1. The van der Waals surface area contributed by atoms with Crippen LogP contribution in [0.2, 0.25) is 10.0 Å². The lowest BCUT2D eigenvalue weighted by Crippen LogP contribution is -2.38. The summed E-state index contributed by atoms with van der Waals surface area (Å²) in [5.74, 6) is -1.48. The topological polar surface area (TPSA) is 69.6 Å². The van der Waals surface area contributed by atoms with Gasteiger partial charge in [-0.25, -0.2) is 0 Å². The summed E-state index contributed by atoms with van der Waals surface area (Å²) in [6.45, 7) is 2.55. The van der Waals surface area contributed by atoms with Crippen molar-refractivity contribution in [2.24, 2.45) is 5.92 Å². The summed E-state index contributed by atoms with van der Waals surface area (Å²) >= 11 is 11.8. The summed E-state index contributed by atoms with van der Waals surface area (Å²) in [5.41, 5.74) is 0.454. The smallest absolute Gasteiger partial charge is 0.308 e. The lowest BCUT2D eigenvalue weighted by Gasteiger charge is -2.22. The van der Waals surface area contributed by atoms with Crippen LogP contribution in [0.15, 0.2) is 18.2 Å². The Kier molecular flexibility index (Phi) is 5.08. The Morgan fingerprint density at radius 2 is 2.14 bits per heavy atom. The van der Waals surface area contributed by atoms with Crippen LogP contribution in [0.3, 0.4) is 0 Å². The second-order valence-corrected chi connectivity index (χ2v) is 5.96. The zero-order valence-electron chi connectivity index (χ0n) is 11.5. The molecule has 0 aliphatic carbocycles. The number of nitrogens with one attached hydrogen (secondary N) is 1. The fraction of sp³-hybridized carbons (Fsp3) is 0.429. The molecule has 0 aromatic heterocycles. The van der Waals surface area contributed by atoms with Gasteiger partial charge in [-0.05, 0) is 38.1 Å². The minimum atomic E-state index is -0.816. The van der Waals surface area contributed by atoms with E-state index in [4.69, 9.17) is 28.3 Å². The molecule has 5 nitrogen and oxygen atoms in total. The summed E-state index contributed by atoms with van der Waals surface area (Å²) < 4.78 is 0. The van der Waals surface area contributed by atoms with Crippen molar-refractivity contribution in [3.63, 3.8) is 0 Å². The van der Waals surface area contributed by atoms with Crippen molar-refractivity contribution in [3.8, 4) is 0 Å². The second kappa shape index (κ2) is 6.64. The van der Waals surface area contributed by atoms with Gasteiger partial charge < -0.3 is 10.4 Å². The number of amides is 1. The monoisotopic (exact) mass is 330 g/mol. The first kappa shape index (κ1) is 16.1. The van der Waals surface area contributed by atoms with Crippen LogP contribution >= 0.6 is 23.2 Å². The van der Waals surface area contributed by atoms with Gasteiger partial charge in [0.05, 0.1) is 23.2 Å². The first-order valence-corrected chi connectivity index (χ1v) is 7.36. The maximum absolute atomic E-state index is 12.1. The molecule has 1 aliphatic rings. The molecule has 1 aromatic rings. The third-order valence-corrected chi connectivity index (χ3v) is 4.32. The number of nitrogens with zero attached hydrogens (tertiary/aromatic N) is 1. The Morgan fingerprint density at radius 1 is 1.43 bits per heavy atom. The van der Waals surface area contributed by atoms with Gasteiger partial charge in [-0.1, -0.05) is 23.2 Å². The Morgan fingerprint density at radius 3 is 2.76 bits per heavy atom. The van der Waals surface area contributed by atoms with Gasteiger partial charge in [-0.15, -0.1) is 0 Å². The van der Waals surface area contributed by atoms with Crippen LogP contribution in [-0.2, 0) is 9.59 Å². The van der Waals surface area contributed by atoms with E-state index in [1.54, 1.807) is 18.2 Å². The predicted molar refractivity (Wildman–Crippen MR) is 81.9 cm³/mol. The van der Waals surface area contributed by atoms with Gasteiger partial charge in [0.1, 0.15) is 0 Å². The van der Waals surface area contributed by atoms with Crippen LogP contribution in [0.1, 0.15) is 13.3 Å². The number of benzene rings is 1. The summed E-state index contributed by atoms with van der Waals surface area (Å²) in [6.07, 6.45) is 0.557. The highest BCUT2D eigenvalue weighted by Crippen LogP contribution is 2.26. The lowest BCUT2D eigenvalue weighted by molar-refractivity contribution is -0.142. The lowest BCUT2D eigenvalue weighted by atomic mass is 10.0. The molecule has 0 spiro atoms. The van der Waals surface area contributed by atoms with Crippen LogP contribution in [0.4, 0.5) is 5.69 Å². The largest absolute Gasteiger partial charge is 0.481 e. The third-order valence-electron chi connectivity index (χ3n) is 3.75. The number of carbonyl (C=O) groups excluding carboxylic acids is 1. The highest BCUT2D eigenvalue weighted by atomic mass is 35.5. The van der Waals surface area contributed by atoms with E-state index in [1.165, 1.54) is 0 Å². The number of carboxylic acid groups (broad SMARTS) is 1. The number of rotatable bonds is 4. The van der Waals surface area contributed by atoms with Crippen molar-refractivity contribution < 1.29 is 14.7 Å². The normalized spacial score (nSPS) is 22.2. The molecule has 7 heteroatoms. The van der Waals surface area contributed by atoms with E-state index in [0.29, 0.717) is 28.7 Å².